The van der Waals surface area contributed by atoms with Crippen LogP contribution in [0.1, 0.15) is 174 Å². The first-order chi connectivity index (χ1) is 23.3. The molecule has 1 amide bonds. The summed E-state index contributed by atoms with van der Waals surface area (Å²) < 4.78 is 11.2. The molecule has 1 aliphatic rings. The highest BCUT2D eigenvalue weighted by molar-refractivity contribution is 5.76. The van der Waals surface area contributed by atoms with Gasteiger partial charge in [-0.05, 0) is 19.3 Å². The van der Waals surface area contributed by atoms with E-state index in [1.165, 1.54) is 116 Å². The van der Waals surface area contributed by atoms with Crippen LogP contribution in [0, 0.1) is 0 Å². The fraction of sp³-hybridized carbons (Fsp3) is 0.923. The van der Waals surface area contributed by atoms with Crippen molar-refractivity contribution in [3.8, 4) is 0 Å². The van der Waals surface area contributed by atoms with E-state index in [1.54, 1.807) is 6.08 Å². The maximum Gasteiger partial charge on any atom is 0.220 e. The Bertz CT molecular complexity index is 766. The molecule has 1 fully saturated rings. The number of hydrogen-bond donors (Lipinski definition) is 6. The first kappa shape index (κ1) is 45.0. The number of ether oxygens (including phenoxy) is 2. The Kier molecular flexibility index (Phi) is 28.8. The Labute approximate surface area is 293 Å². The van der Waals surface area contributed by atoms with E-state index >= 15 is 0 Å². The molecule has 0 aromatic heterocycles. The molecule has 7 atom stereocenters. The van der Waals surface area contributed by atoms with E-state index in [2.05, 4.69) is 19.2 Å². The van der Waals surface area contributed by atoms with Crippen LogP contribution >= 0.6 is 0 Å². The average Bonchev–Trinajstić information content (AvgIpc) is 3.08. The van der Waals surface area contributed by atoms with Crippen molar-refractivity contribution in [2.24, 2.45) is 0 Å². The largest absolute Gasteiger partial charge is 0.394 e. The molecule has 284 valence electrons. The van der Waals surface area contributed by atoms with E-state index in [1.807, 2.05) is 6.08 Å². The van der Waals surface area contributed by atoms with E-state index in [9.17, 15) is 30.3 Å². The van der Waals surface area contributed by atoms with Crippen molar-refractivity contribution in [1.82, 2.24) is 5.32 Å². The van der Waals surface area contributed by atoms with E-state index < -0.39 is 49.5 Å². The summed E-state index contributed by atoms with van der Waals surface area (Å²) in [6, 6.07) is -0.796. The highest BCUT2D eigenvalue weighted by Gasteiger charge is 2.44. The SMILES string of the molecule is CCCCCCCCCCCCC/C=C/C(O)C(COC1OC(CO)C(O)C(O)[C@H]1O)NC(=O)CCCCCCCCCCCCCC. The Morgan fingerprint density at radius 3 is 1.62 bits per heavy atom. The molecule has 0 spiro atoms. The number of aliphatic hydroxyl groups excluding tert-OH is 5. The third kappa shape index (κ3) is 21.9. The lowest BCUT2D eigenvalue weighted by Gasteiger charge is -2.40. The van der Waals surface area contributed by atoms with Crippen molar-refractivity contribution in [1.29, 1.82) is 0 Å². The van der Waals surface area contributed by atoms with Crippen LogP contribution in [0.5, 0.6) is 0 Å². The van der Waals surface area contributed by atoms with E-state index in [0.717, 1.165) is 38.5 Å². The number of nitrogens with one attached hydrogen (secondary N) is 1. The fourth-order valence-corrected chi connectivity index (χ4v) is 6.33. The van der Waals surface area contributed by atoms with Crippen LogP contribution in [-0.2, 0) is 14.3 Å². The molecule has 0 saturated carbocycles. The minimum atomic E-state index is -1.56. The topological polar surface area (TPSA) is 149 Å². The van der Waals surface area contributed by atoms with E-state index in [4.69, 9.17) is 9.47 Å². The fourth-order valence-electron chi connectivity index (χ4n) is 6.33. The molecule has 0 bridgehead atoms. The van der Waals surface area contributed by atoms with Gasteiger partial charge >= 0.3 is 0 Å². The standard InChI is InChI=1S/C39H75NO8/c1-3-5-7-9-11-13-15-17-18-20-22-24-26-28-33(42)32(31-47-39-38(46)37(45)36(44)34(30-41)48-39)40-35(43)29-27-25-23-21-19-16-14-12-10-8-6-4-2/h26,28,32-34,36-39,41-42,44-46H,3-25,27,29-31H2,1-2H3,(H,40,43)/b28-26+/t32?,33?,34?,36?,37?,38-,39?/m1/s1. The zero-order valence-corrected chi connectivity index (χ0v) is 30.7. The van der Waals surface area contributed by atoms with Gasteiger partial charge in [0.2, 0.25) is 5.91 Å². The van der Waals surface area contributed by atoms with Gasteiger partial charge in [-0.2, -0.15) is 0 Å². The zero-order valence-electron chi connectivity index (χ0n) is 30.7. The van der Waals surface area contributed by atoms with Crippen molar-refractivity contribution in [3.05, 3.63) is 12.2 Å². The summed E-state index contributed by atoms with van der Waals surface area (Å²) in [7, 11) is 0. The molecule has 1 aliphatic heterocycles. The van der Waals surface area contributed by atoms with Crippen molar-refractivity contribution in [2.45, 2.75) is 217 Å². The quantitative estimate of drug-likeness (QED) is 0.0328. The molecule has 0 aromatic rings. The molecule has 6 unspecified atom stereocenters. The van der Waals surface area contributed by atoms with Gasteiger partial charge in [-0.15, -0.1) is 0 Å². The number of carbonyl (C=O) groups is 1. The van der Waals surface area contributed by atoms with Crippen LogP contribution in [0.3, 0.4) is 0 Å². The van der Waals surface area contributed by atoms with Gasteiger partial charge in [0.1, 0.15) is 24.4 Å². The smallest absolute Gasteiger partial charge is 0.220 e. The molecule has 48 heavy (non-hydrogen) atoms. The molecule has 0 aromatic carbocycles. The molecule has 0 radical (unpaired) electrons. The lowest BCUT2D eigenvalue weighted by atomic mass is 9.99. The zero-order chi connectivity index (χ0) is 35.2. The maximum atomic E-state index is 12.8. The molecule has 1 saturated heterocycles. The lowest BCUT2D eigenvalue weighted by molar-refractivity contribution is -0.302. The van der Waals surface area contributed by atoms with Crippen molar-refractivity contribution in [3.63, 3.8) is 0 Å². The second-order valence-corrected chi connectivity index (χ2v) is 14.1. The normalized spacial score (nSPS) is 22.7. The Hall–Kier alpha value is -1.07. The number of unbranched alkanes of at least 4 members (excludes halogenated alkanes) is 22. The minimum Gasteiger partial charge on any atom is -0.394 e. The van der Waals surface area contributed by atoms with Gasteiger partial charge in [0.05, 0.1) is 25.4 Å². The third-order valence-corrected chi connectivity index (χ3v) is 9.61. The number of aliphatic hydroxyl groups is 5. The second-order valence-electron chi connectivity index (χ2n) is 14.1. The van der Waals surface area contributed by atoms with Gasteiger partial charge in [0.15, 0.2) is 6.29 Å². The van der Waals surface area contributed by atoms with E-state index in [0.29, 0.717) is 6.42 Å². The predicted molar refractivity (Wildman–Crippen MR) is 194 cm³/mol. The summed E-state index contributed by atoms with van der Waals surface area (Å²) in [5.74, 6) is -0.178. The number of allylic oxidation sites excluding steroid dienone is 1. The van der Waals surface area contributed by atoms with Crippen LogP contribution in [0.2, 0.25) is 0 Å². The molecule has 9 nitrogen and oxygen atoms in total. The minimum absolute atomic E-state index is 0.178. The second kappa shape index (κ2) is 30.7. The molecular weight excluding hydrogens is 610 g/mol. The monoisotopic (exact) mass is 686 g/mol. The Morgan fingerprint density at radius 1 is 0.688 bits per heavy atom. The van der Waals surface area contributed by atoms with Crippen LogP contribution in [0.15, 0.2) is 12.2 Å². The molecule has 1 rings (SSSR count). The number of rotatable bonds is 32. The number of amides is 1. The van der Waals surface area contributed by atoms with Crippen molar-refractivity contribution in [2.75, 3.05) is 13.2 Å². The molecule has 0 aliphatic carbocycles. The van der Waals surface area contributed by atoms with E-state index in [-0.39, 0.29) is 12.5 Å². The average molecular weight is 686 g/mol. The van der Waals surface area contributed by atoms with Gasteiger partial charge in [-0.3, -0.25) is 4.79 Å². The number of hydrogen-bond acceptors (Lipinski definition) is 8. The highest BCUT2D eigenvalue weighted by atomic mass is 16.7. The molecule has 1 heterocycles. The summed E-state index contributed by atoms with van der Waals surface area (Å²) in [6.07, 6.45) is 25.3. The van der Waals surface area contributed by atoms with Crippen LogP contribution in [0.25, 0.3) is 0 Å². The first-order valence-corrected chi connectivity index (χ1v) is 19.9. The summed E-state index contributed by atoms with van der Waals surface area (Å²) in [6.45, 7) is 3.74. The van der Waals surface area contributed by atoms with Gasteiger partial charge < -0.3 is 40.3 Å². The van der Waals surface area contributed by atoms with Crippen LogP contribution in [-0.4, -0.2) is 87.5 Å². The predicted octanol–water partition coefficient (Wildman–Crippen LogP) is 7.00. The van der Waals surface area contributed by atoms with Crippen molar-refractivity contribution < 1.29 is 39.8 Å². The highest BCUT2D eigenvalue weighted by Crippen LogP contribution is 2.22. The Balaban J connectivity index is 2.45. The summed E-state index contributed by atoms with van der Waals surface area (Å²) in [5, 5.41) is 53.9. The van der Waals surface area contributed by atoms with Gasteiger partial charge in [-0.1, -0.05) is 161 Å². The molecule has 6 N–H and O–H groups in total. The van der Waals surface area contributed by atoms with Crippen molar-refractivity contribution >= 4 is 5.91 Å². The summed E-state index contributed by atoms with van der Waals surface area (Å²) in [5.41, 5.74) is 0. The third-order valence-electron chi connectivity index (χ3n) is 9.61. The van der Waals surface area contributed by atoms with Crippen LogP contribution in [0.4, 0.5) is 0 Å². The molecule has 9 heteroatoms. The summed E-state index contributed by atoms with van der Waals surface area (Å²) in [4.78, 5) is 12.8. The Morgan fingerprint density at radius 2 is 1.15 bits per heavy atom. The maximum absolute atomic E-state index is 12.8. The lowest BCUT2D eigenvalue weighted by Crippen LogP contribution is -2.60. The van der Waals surface area contributed by atoms with Gasteiger partial charge in [-0.25, -0.2) is 0 Å². The van der Waals surface area contributed by atoms with Gasteiger partial charge in [0, 0.05) is 6.42 Å². The van der Waals surface area contributed by atoms with Gasteiger partial charge in [0.25, 0.3) is 0 Å². The number of carbonyl (C=O) groups excluding carboxylic acids is 1. The summed E-state index contributed by atoms with van der Waals surface area (Å²) >= 11 is 0. The molecular formula is C39H75NO8. The van der Waals surface area contributed by atoms with Crippen LogP contribution < -0.4 is 5.32 Å². The first-order valence-electron chi connectivity index (χ1n) is 19.9.